The summed E-state index contributed by atoms with van der Waals surface area (Å²) in [4.78, 5) is 14.5. The standard InChI is InChI=1S/C23H28N4O.ClH/c1-16-10-8-9-13-22(16)27-18(3)20(17(2)25-27)15-26(4)23(28)21(24)14-19-11-6-5-7-12-19;/h5-13,21H,14-15,24H2,1-4H3;1H/t21-;/m0./s1. The average Bonchev–Trinajstić information content (AvgIpc) is 2.96. The number of para-hydroxylation sites is 1. The molecular weight excluding hydrogens is 384 g/mol. The van der Waals surface area contributed by atoms with Gasteiger partial charge in [0.25, 0.3) is 0 Å². The van der Waals surface area contributed by atoms with Crippen LogP contribution in [0.2, 0.25) is 0 Å². The smallest absolute Gasteiger partial charge is 0.239 e. The number of nitrogens with zero attached hydrogens (tertiary/aromatic N) is 3. The van der Waals surface area contributed by atoms with E-state index in [2.05, 4.69) is 19.1 Å². The molecule has 3 rings (SSSR count). The number of rotatable bonds is 6. The van der Waals surface area contributed by atoms with Crippen molar-refractivity contribution in [3.8, 4) is 5.69 Å². The van der Waals surface area contributed by atoms with Gasteiger partial charge in [0, 0.05) is 24.8 Å². The van der Waals surface area contributed by atoms with E-state index in [0.29, 0.717) is 13.0 Å². The van der Waals surface area contributed by atoms with E-state index >= 15 is 0 Å². The van der Waals surface area contributed by atoms with E-state index in [1.165, 1.54) is 0 Å². The molecule has 0 unspecified atom stereocenters. The lowest BCUT2D eigenvalue weighted by Gasteiger charge is -2.22. The molecule has 6 heteroatoms. The minimum Gasteiger partial charge on any atom is -0.340 e. The van der Waals surface area contributed by atoms with Gasteiger partial charge < -0.3 is 10.6 Å². The number of carbonyl (C=O) groups excluding carboxylic acids is 1. The zero-order valence-corrected chi connectivity index (χ0v) is 18.2. The molecule has 0 saturated carbocycles. The lowest BCUT2D eigenvalue weighted by molar-refractivity contribution is -0.131. The van der Waals surface area contributed by atoms with Crippen LogP contribution in [0.3, 0.4) is 0 Å². The Labute approximate surface area is 178 Å². The highest BCUT2D eigenvalue weighted by molar-refractivity contribution is 5.85. The second kappa shape index (κ2) is 9.72. The number of halogens is 1. The highest BCUT2D eigenvalue weighted by Gasteiger charge is 2.22. The van der Waals surface area contributed by atoms with Gasteiger partial charge in [0.15, 0.2) is 0 Å². The molecule has 0 fully saturated rings. The molecule has 1 amide bonds. The average molecular weight is 413 g/mol. The van der Waals surface area contributed by atoms with Crippen LogP contribution in [-0.4, -0.2) is 33.7 Å². The molecule has 0 aliphatic carbocycles. The number of hydrogen-bond donors (Lipinski definition) is 1. The molecule has 1 heterocycles. The van der Waals surface area contributed by atoms with Crippen molar-refractivity contribution in [2.24, 2.45) is 5.73 Å². The minimum atomic E-state index is -0.556. The molecule has 29 heavy (non-hydrogen) atoms. The van der Waals surface area contributed by atoms with Gasteiger partial charge >= 0.3 is 0 Å². The maximum Gasteiger partial charge on any atom is 0.239 e. The lowest BCUT2D eigenvalue weighted by atomic mass is 10.1. The summed E-state index contributed by atoms with van der Waals surface area (Å²) in [5.74, 6) is -0.0636. The van der Waals surface area contributed by atoms with Crippen molar-refractivity contribution < 1.29 is 4.79 Å². The summed E-state index contributed by atoms with van der Waals surface area (Å²) >= 11 is 0. The molecular formula is C23H29ClN4O. The predicted octanol–water partition coefficient (Wildman–Crippen LogP) is 3.75. The van der Waals surface area contributed by atoms with Crippen molar-refractivity contribution in [2.75, 3.05) is 7.05 Å². The summed E-state index contributed by atoms with van der Waals surface area (Å²) in [7, 11) is 1.80. The Kier molecular flexibility index (Phi) is 7.59. The van der Waals surface area contributed by atoms with Crippen LogP contribution in [0.4, 0.5) is 0 Å². The molecule has 0 radical (unpaired) electrons. The van der Waals surface area contributed by atoms with Crippen LogP contribution in [0.25, 0.3) is 5.69 Å². The van der Waals surface area contributed by atoms with Gasteiger partial charge in [-0.15, -0.1) is 12.4 Å². The number of aromatic nitrogens is 2. The summed E-state index contributed by atoms with van der Waals surface area (Å²) in [6.45, 7) is 6.60. The van der Waals surface area contributed by atoms with Crippen molar-refractivity contribution in [1.82, 2.24) is 14.7 Å². The third-order valence-electron chi connectivity index (χ3n) is 5.17. The molecule has 0 saturated heterocycles. The predicted molar refractivity (Wildman–Crippen MR) is 120 cm³/mol. The first kappa shape index (κ1) is 22.7. The van der Waals surface area contributed by atoms with Crippen LogP contribution in [-0.2, 0) is 17.8 Å². The van der Waals surface area contributed by atoms with E-state index in [1.54, 1.807) is 11.9 Å². The Morgan fingerprint density at radius 2 is 1.69 bits per heavy atom. The van der Waals surface area contributed by atoms with Crippen molar-refractivity contribution in [3.63, 3.8) is 0 Å². The van der Waals surface area contributed by atoms with E-state index < -0.39 is 6.04 Å². The number of hydrogen-bond acceptors (Lipinski definition) is 3. The number of benzene rings is 2. The number of aryl methyl sites for hydroxylation is 2. The third kappa shape index (κ3) is 5.05. The molecule has 0 spiro atoms. The van der Waals surface area contributed by atoms with Crippen LogP contribution < -0.4 is 5.73 Å². The third-order valence-corrected chi connectivity index (χ3v) is 5.17. The molecule has 0 bridgehead atoms. The topological polar surface area (TPSA) is 64.2 Å². The molecule has 1 atom stereocenters. The van der Waals surface area contributed by atoms with Gasteiger partial charge in [-0.25, -0.2) is 4.68 Å². The van der Waals surface area contributed by atoms with Gasteiger partial charge in [0.2, 0.25) is 5.91 Å². The first-order valence-corrected chi connectivity index (χ1v) is 9.54. The maximum absolute atomic E-state index is 12.8. The highest BCUT2D eigenvalue weighted by Crippen LogP contribution is 2.21. The second-order valence-corrected chi connectivity index (χ2v) is 7.34. The molecule has 3 aromatic rings. The number of carbonyl (C=O) groups is 1. The van der Waals surface area contributed by atoms with Gasteiger partial charge in [0.1, 0.15) is 0 Å². The van der Waals surface area contributed by atoms with Crippen molar-refractivity contribution >= 4 is 18.3 Å². The Hall–Kier alpha value is -2.63. The normalized spacial score (nSPS) is 11.6. The molecule has 0 aliphatic rings. The maximum atomic E-state index is 12.8. The number of nitrogens with two attached hydrogens (primary N) is 1. The van der Waals surface area contributed by atoms with Gasteiger partial charge in [-0.3, -0.25) is 4.79 Å². The van der Waals surface area contributed by atoms with Gasteiger partial charge in [-0.2, -0.15) is 5.10 Å². The molecule has 1 aromatic heterocycles. The van der Waals surface area contributed by atoms with Gasteiger partial charge in [-0.1, -0.05) is 48.5 Å². The van der Waals surface area contributed by atoms with Gasteiger partial charge in [-0.05, 0) is 44.4 Å². The van der Waals surface area contributed by atoms with Crippen LogP contribution in [0.15, 0.2) is 54.6 Å². The van der Waals surface area contributed by atoms with Crippen molar-refractivity contribution in [2.45, 2.75) is 39.8 Å². The van der Waals surface area contributed by atoms with Crippen LogP contribution in [0.5, 0.6) is 0 Å². The van der Waals surface area contributed by atoms with E-state index in [1.807, 2.05) is 61.0 Å². The fourth-order valence-corrected chi connectivity index (χ4v) is 3.49. The number of likely N-dealkylation sites (N-methyl/N-ethyl adjacent to an activating group) is 1. The molecule has 2 N–H and O–H groups in total. The van der Waals surface area contributed by atoms with E-state index in [9.17, 15) is 4.79 Å². The zero-order chi connectivity index (χ0) is 20.3. The quantitative estimate of drug-likeness (QED) is 0.670. The summed E-state index contributed by atoms with van der Waals surface area (Å²) in [5.41, 5.74) is 12.5. The molecule has 5 nitrogen and oxygen atoms in total. The van der Waals surface area contributed by atoms with Gasteiger partial charge in [0.05, 0.1) is 17.4 Å². The summed E-state index contributed by atoms with van der Waals surface area (Å²) in [6, 6.07) is 17.5. The van der Waals surface area contributed by atoms with Crippen LogP contribution >= 0.6 is 12.4 Å². The van der Waals surface area contributed by atoms with Crippen LogP contribution in [0.1, 0.15) is 28.1 Å². The summed E-state index contributed by atoms with van der Waals surface area (Å²) in [6.07, 6.45) is 0.532. The second-order valence-electron chi connectivity index (χ2n) is 7.34. The molecule has 0 aliphatic heterocycles. The number of amides is 1. The van der Waals surface area contributed by atoms with Crippen molar-refractivity contribution in [1.29, 1.82) is 0 Å². The van der Waals surface area contributed by atoms with Crippen LogP contribution in [0, 0.1) is 20.8 Å². The Bertz CT molecular complexity index is 968. The highest BCUT2D eigenvalue weighted by atomic mass is 35.5. The minimum absolute atomic E-state index is 0. The fraction of sp³-hybridized carbons (Fsp3) is 0.304. The molecule has 154 valence electrons. The SMILES string of the molecule is Cc1ccccc1-n1nc(C)c(CN(C)C(=O)[C@@H](N)Cc2ccccc2)c1C.Cl. The Balaban J connectivity index is 0.00000300. The lowest BCUT2D eigenvalue weighted by Crippen LogP contribution is -2.42. The fourth-order valence-electron chi connectivity index (χ4n) is 3.49. The zero-order valence-electron chi connectivity index (χ0n) is 17.4. The summed E-state index contributed by atoms with van der Waals surface area (Å²) < 4.78 is 1.96. The van der Waals surface area contributed by atoms with E-state index in [-0.39, 0.29) is 18.3 Å². The first-order chi connectivity index (χ1) is 13.4. The van der Waals surface area contributed by atoms with Crippen molar-refractivity contribution in [3.05, 3.63) is 82.7 Å². The monoisotopic (exact) mass is 412 g/mol. The Morgan fingerprint density at radius 3 is 2.34 bits per heavy atom. The first-order valence-electron chi connectivity index (χ1n) is 9.54. The molecule has 2 aromatic carbocycles. The van der Waals surface area contributed by atoms with E-state index in [4.69, 9.17) is 10.8 Å². The van der Waals surface area contributed by atoms with E-state index in [0.717, 1.165) is 33.8 Å². The summed E-state index contributed by atoms with van der Waals surface area (Å²) in [5, 5.41) is 4.71. The Morgan fingerprint density at radius 1 is 1.07 bits per heavy atom. The largest absolute Gasteiger partial charge is 0.340 e.